The Kier molecular flexibility index (Phi) is 4.75. The molecule has 0 saturated carbocycles. The van der Waals surface area contributed by atoms with Gasteiger partial charge in [-0.1, -0.05) is 36.4 Å². The summed E-state index contributed by atoms with van der Waals surface area (Å²) in [6.07, 6.45) is -0.832. The second-order valence-corrected chi connectivity index (χ2v) is 11.1. The molecule has 0 aliphatic carbocycles. The van der Waals surface area contributed by atoms with E-state index in [1.807, 2.05) is 31.2 Å². The molecule has 3 aromatic carbocycles. The van der Waals surface area contributed by atoms with Crippen LogP contribution in [0.2, 0.25) is 0 Å². The minimum Gasteiger partial charge on any atom is -0.450 e. The van der Waals surface area contributed by atoms with Crippen molar-refractivity contribution < 1.29 is 23.8 Å². The quantitative estimate of drug-likeness (QED) is 0.340. The second kappa shape index (κ2) is 7.99. The number of hydrogen-bond donors (Lipinski definition) is 1. The van der Waals surface area contributed by atoms with E-state index < -0.39 is 24.2 Å². The molecule has 3 aliphatic heterocycles. The molecular formula is C31H30N4O5. The number of hydrogen-bond acceptors (Lipinski definition) is 5. The van der Waals surface area contributed by atoms with Gasteiger partial charge in [0.2, 0.25) is 0 Å². The summed E-state index contributed by atoms with van der Waals surface area (Å²) in [5, 5.41) is 7.18. The molecule has 2 amide bonds. The molecule has 2 aromatic heterocycles. The third-order valence-electron chi connectivity index (χ3n) is 9.25. The van der Waals surface area contributed by atoms with Crippen molar-refractivity contribution in [1.82, 2.24) is 19.4 Å². The number of carbonyl (C=O) groups is 2. The van der Waals surface area contributed by atoms with Crippen molar-refractivity contribution in [1.29, 1.82) is 0 Å². The smallest absolute Gasteiger partial charge is 0.409 e. The molecule has 3 aliphatic rings. The van der Waals surface area contributed by atoms with Gasteiger partial charge in [0, 0.05) is 48.7 Å². The molecule has 40 heavy (non-hydrogen) atoms. The van der Waals surface area contributed by atoms with Crippen LogP contribution in [0.3, 0.4) is 0 Å². The van der Waals surface area contributed by atoms with Gasteiger partial charge in [-0.2, -0.15) is 0 Å². The number of nitrogens with one attached hydrogen (secondary N) is 1. The molecule has 9 nitrogen and oxygen atoms in total. The van der Waals surface area contributed by atoms with Gasteiger partial charge in [-0.25, -0.2) is 4.79 Å². The number of aromatic nitrogens is 2. The summed E-state index contributed by atoms with van der Waals surface area (Å²) in [5.74, 6) is -0.0503. The molecule has 5 heterocycles. The molecule has 1 fully saturated rings. The summed E-state index contributed by atoms with van der Waals surface area (Å²) in [5.41, 5.74) is 4.76. The molecule has 1 saturated heterocycles. The lowest BCUT2D eigenvalue weighted by molar-refractivity contribution is -0.265. The van der Waals surface area contributed by atoms with Crippen molar-refractivity contribution in [3.8, 4) is 0 Å². The standard InChI is InChI=1S/C31H30N4O5/c1-5-39-30(37)33(3)21-14-22-34-19-12-8-6-10-16(19)24-25-18(15-32-29(25)36)23-17-11-7-9-13-20(17)35(27(23)26(24)34)31(2,40-22)28(21)38-4/h6-13,21-22,28H,5,14-15H2,1-4H3,(H,32,36). The highest BCUT2D eigenvalue weighted by Crippen LogP contribution is 2.54. The Morgan fingerprint density at radius 3 is 2.52 bits per heavy atom. The average Bonchev–Trinajstić information content (AvgIpc) is 3.60. The van der Waals surface area contributed by atoms with Gasteiger partial charge in [0.1, 0.15) is 12.3 Å². The number of fused-ring (bicyclic) bond motifs is 13. The zero-order valence-corrected chi connectivity index (χ0v) is 22.9. The molecule has 2 bridgehead atoms. The van der Waals surface area contributed by atoms with Gasteiger partial charge < -0.3 is 33.6 Å². The highest BCUT2D eigenvalue weighted by atomic mass is 16.6. The van der Waals surface area contributed by atoms with Crippen LogP contribution in [0.4, 0.5) is 4.79 Å². The van der Waals surface area contributed by atoms with Crippen molar-refractivity contribution in [2.45, 2.75) is 50.9 Å². The van der Waals surface area contributed by atoms with Crippen LogP contribution in [-0.4, -0.2) is 58.9 Å². The Bertz CT molecular complexity index is 1920. The number of amides is 2. The maximum Gasteiger partial charge on any atom is 0.409 e. The van der Waals surface area contributed by atoms with Gasteiger partial charge in [0.25, 0.3) is 5.91 Å². The highest BCUT2D eigenvalue weighted by Gasteiger charge is 2.55. The van der Waals surface area contributed by atoms with E-state index in [2.05, 4.69) is 45.6 Å². The van der Waals surface area contributed by atoms with Gasteiger partial charge in [-0.3, -0.25) is 4.79 Å². The Balaban J connectivity index is 1.58. The van der Waals surface area contributed by atoms with E-state index in [9.17, 15) is 9.59 Å². The average molecular weight is 539 g/mol. The number of ether oxygens (including phenoxy) is 3. The van der Waals surface area contributed by atoms with E-state index in [0.29, 0.717) is 13.0 Å². The number of nitrogens with zero attached hydrogens (tertiary/aromatic N) is 3. The predicted molar refractivity (Wildman–Crippen MR) is 151 cm³/mol. The number of benzene rings is 3. The first kappa shape index (κ1) is 23.8. The molecule has 204 valence electrons. The normalized spacial score (nSPS) is 25.1. The predicted octanol–water partition coefficient (Wildman–Crippen LogP) is 5.22. The third-order valence-corrected chi connectivity index (χ3v) is 9.25. The van der Waals surface area contributed by atoms with Crippen molar-refractivity contribution >= 4 is 55.6 Å². The largest absolute Gasteiger partial charge is 0.450 e. The van der Waals surface area contributed by atoms with Gasteiger partial charge >= 0.3 is 6.09 Å². The first-order chi connectivity index (χ1) is 19.4. The molecule has 5 aromatic rings. The van der Waals surface area contributed by atoms with Crippen LogP contribution in [-0.2, 0) is 26.5 Å². The minimum atomic E-state index is -0.984. The maximum atomic E-state index is 13.5. The van der Waals surface area contributed by atoms with E-state index >= 15 is 0 Å². The lowest BCUT2D eigenvalue weighted by atomic mass is 9.92. The molecule has 4 atom stereocenters. The molecule has 0 spiro atoms. The molecule has 9 heteroatoms. The van der Waals surface area contributed by atoms with Crippen LogP contribution in [0.1, 0.15) is 42.4 Å². The van der Waals surface area contributed by atoms with E-state index in [1.165, 1.54) is 0 Å². The molecule has 1 N–H and O–H groups in total. The summed E-state index contributed by atoms with van der Waals surface area (Å²) in [6, 6.07) is 16.1. The monoisotopic (exact) mass is 538 g/mol. The maximum absolute atomic E-state index is 13.5. The molecular weight excluding hydrogens is 508 g/mol. The van der Waals surface area contributed by atoms with Crippen LogP contribution in [0.5, 0.6) is 0 Å². The zero-order chi connectivity index (χ0) is 27.5. The van der Waals surface area contributed by atoms with Crippen molar-refractivity contribution in [2.24, 2.45) is 0 Å². The molecule has 8 rings (SSSR count). The summed E-state index contributed by atoms with van der Waals surface area (Å²) in [4.78, 5) is 28.2. The zero-order valence-electron chi connectivity index (χ0n) is 22.9. The lowest BCUT2D eigenvalue weighted by Crippen LogP contribution is -2.61. The van der Waals surface area contributed by atoms with Crippen LogP contribution in [0.15, 0.2) is 48.5 Å². The van der Waals surface area contributed by atoms with E-state index in [1.54, 1.807) is 19.1 Å². The third kappa shape index (κ3) is 2.69. The number of carbonyl (C=O) groups excluding carboxylic acids is 2. The lowest BCUT2D eigenvalue weighted by Gasteiger charge is -2.50. The minimum absolute atomic E-state index is 0.0503. The van der Waals surface area contributed by atoms with Crippen molar-refractivity contribution in [2.75, 3.05) is 20.8 Å². The fourth-order valence-electron chi connectivity index (χ4n) is 7.75. The van der Waals surface area contributed by atoms with E-state index in [-0.39, 0.29) is 18.6 Å². The topological polar surface area (TPSA) is 87.0 Å². The van der Waals surface area contributed by atoms with Crippen LogP contribution in [0, 0.1) is 0 Å². The van der Waals surface area contributed by atoms with E-state index in [4.69, 9.17) is 14.2 Å². The fourth-order valence-corrected chi connectivity index (χ4v) is 7.75. The van der Waals surface area contributed by atoms with Crippen LogP contribution in [0.25, 0.3) is 43.6 Å². The van der Waals surface area contributed by atoms with Gasteiger partial charge in [-0.15, -0.1) is 0 Å². The summed E-state index contributed by atoms with van der Waals surface area (Å²) < 4.78 is 23.3. The first-order valence-corrected chi connectivity index (χ1v) is 13.8. The van der Waals surface area contributed by atoms with Crippen molar-refractivity contribution in [3.63, 3.8) is 0 Å². The summed E-state index contributed by atoms with van der Waals surface area (Å²) in [7, 11) is 3.45. The molecule has 4 unspecified atom stereocenters. The molecule has 0 radical (unpaired) electrons. The number of methoxy groups -OCH3 is 1. The van der Waals surface area contributed by atoms with Gasteiger partial charge in [-0.05, 0) is 31.5 Å². The Morgan fingerprint density at radius 2 is 1.80 bits per heavy atom. The fraction of sp³-hybridized carbons (Fsp3) is 0.355. The van der Waals surface area contributed by atoms with E-state index in [0.717, 1.165) is 54.7 Å². The van der Waals surface area contributed by atoms with Gasteiger partial charge in [0.05, 0.1) is 40.3 Å². The van der Waals surface area contributed by atoms with Gasteiger partial charge in [0.15, 0.2) is 5.72 Å². The number of para-hydroxylation sites is 2. The number of rotatable bonds is 3. The SMILES string of the molecule is CCOC(=O)N(C)C1CC2OC(C)(C1OC)n1c3ccccc3c3c4c(c5c6ccccc6n2c5c31)C(=O)NC4. The second-order valence-electron chi connectivity index (χ2n) is 11.1. The first-order valence-electron chi connectivity index (χ1n) is 13.8. The summed E-state index contributed by atoms with van der Waals surface area (Å²) >= 11 is 0. The Morgan fingerprint density at radius 1 is 1.10 bits per heavy atom. The highest BCUT2D eigenvalue weighted by molar-refractivity contribution is 6.31. The van der Waals surface area contributed by atoms with Crippen LogP contribution < -0.4 is 5.32 Å². The Hall–Kier alpha value is -4.08. The Labute approximate surface area is 230 Å². The van der Waals surface area contributed by atoms with Crippen LogP contribution >= 0.6 is 0 Å². The number of likely N-dealkylation sites (N-methyl/N-ethyl adjacent to an activating group) is 1. The summed E-state index contributed by atoms with van der Waals surface area (Å²) in [6.45, 7) is 4.62. The van der Waals surface area contributed by atoms with Crippen molar-refractivity contribution in [3.05, 3.63) is 59.7 Å².